The molecule has 0 fully saturated rings. The predicted molar refractivity (Wildman–Crippen MR) is 128 cm³/mol. The molecule has 4 rings (SSSR count). The topological polar surface area (TPSA) is 70.2 Å². The van der Waals surface area contributed by atoms with E-state index in [1.54, 1.807) is 24.3 Å². The molecule has 0 atom stereocenters. The number of ether oxygens (including phenoxy) is 1. The smallest absolute Gasteiger partial charge is 0.312 e. The minimum absolute atomic E-state index is 0.161. The molecular formula is C27H31N3O4. The van der Waals surface area contributed by atoms with Gasteiger partial charge >= 0.3 is 5.97 Å². The van der Waals surface area contributed by atoms with Crippen molar-refractivity contribution < 1.29 is 19.1 Å². The van der Waals surface area contributed by atoms with E-state index in [0.717, 1.165) is 18.7 Å². The number of imide groups is 1. The van der Waals surface area contributed by atoms with Crippen molar-refractivity contribution in [1.82, 2.24) is 14.7 Å². The molecule has 2 aromatic carbocycles. The third kappa shape index (κ3) is 5.14. The monoisotopic (exact) mass is 461 g/mol. The maximum absolute atomic E-state index is 12.7. The molecule has 2 amide bonds. The fraction of sp³-hybridized carbons (Fsp3) is 0.370. The van der Waals surface area contributed by atoms with E-state index in [0.29, 0.717) is 30.8 Å². The molecule has 0 saturated heterocycles. The minimum atomic E-state index is -0.565. The summed E-state index contributed by atoms with van der Waals surface area (Å²) in [6, 6.07) is 17.2. The number of rotatable bonds is 8. The molecule has 7 nitrogen and oxygen atoms in total. The van der Waals surface area contributed by atoms with Crippen molar-refractivity contribution in [2.75, 3.05) is 26.5 Å². The van der Waals surface area contributed by atoms with Gasteiger partial charge in [0.15, 0.2) is 6.73 Å². The lowest BCUT2D eigenvalue weighted by Gasteiger charge is -2.25. The third-order valence-electron chi connectivity index (χ3n) is 6.05. The highest BCUT2D eigenvalue weighted by atomic mass is 16.5. The summed E-state index contributed by atoms with van der Waals surface area (Å²) in [5, 5.41) is 0. The zero-order valence-electron chi connectivity index (χ0n) is 20.0. The molecular weight excluding hydrogens is 430 g/mol. The largest absolute Gasteiger partial charge is 0.444 e. The van der Waals surface area contributed by atoms with Crippen molar-refractivity contribution in [2.45, 2.75) is 33.6 Å². The predicted octanol–water partition coefficient (Wildman–Crippen LogP) is 3.88. The highest BCUT2D eigenvalue weighted by Gasteiger charge is 2.35. The van der Waals surface area contributed by atoms with Crippen LogP contribution < -0.4 is 0 Å². The number of esters is 1. The first-order valence-electron chi connectivity index (χ1n) is 11.6. The van der Waals surface area contributed by atoms with Crippen LogP contribution in [0.4, 0.5) is 0 Å². The Balaban J connectivity index is 1.42. The standard InChI is InChI=1S/C27H31N3O4/c1-27(2,3)26(33)34-19-28-17-21(29(18-28)15-13-20-9-5-4-6-10-20)14-16-30-24(31)22-11-7-8-12-23(22)25(30)32/h4-12,17H,13-16,18-19H2,1-3H3. The fourth-order valence-electron chi connectivity index (χ4n) is 4.09. The molecule has 2 aromatic rings. The van der Waals surface area contributed by atoms with Gasteiger partial charge in [0, 0.05) is 31.4 Å². The van der Waals surface area contributed by atoms with Crippen LogP contribution in [0.25, 0.3) is 0 Å². The van der Waals surface area contributed by atoms with Crippen LogP contribution in [-0.2, 0) is 16.0 Å². The number of fused-ring (bicyclic) bond motifs is 1. The van der Waals surface area contributed by atoms with Gasteiger partial charge in [-0.15, -0.1) is 0 Å². The van der Waals surface area contributed by atoms with E-state index in [4.69, 9.17) is 4.74 Å². The van der Waals surface area contributed by atoms with Gasteiger partial charge < -0.3 is 14.5 Å². The number of carbonyl (C=O) groups excluding carboxylic acids is 3. The zero-order chi connectivity index (χ0) is 24.3. The number of carbonyl (C=O) groups is 3. The lowest BCUT2D eigenvalue weighted by Crippen LogP contribution is -2.34. The van der Waals surface area contributed by atoms with Crippen LogP contribution in [0.3, 0.4) is 0 Å². The van der Waals surface area contributed by atoms with Crippen molar-refractivity contribution in [3.63, 3.8) is 0 Å². The Bertz CT molecular complexity index is 1070. The second-order valence-electron chi connectivity index (χ2n) is 9.72. The Morgan fingerprint density at radius 3 is 2.12 bits per heavy atom. The van der Waals surface area contributed by atoms with Crippen molar-refractivity contribution in [2.24, 2.45) is 5.41 Å². The summed E-state index contributed by atoms with van der Waals surface area (Å²) >= 11 is 0. The first-order valence-corrected chi connectivity index (χ1v) is 11.6. The van der Waals surface area contributed by atoms with Crippen molar-refractivity contribution >= 4 is 17.8 Å². The quantitative estimate of drug-likeness (QED) is 0.439. The van der Waals surface area contributed by atoms with Gasteiger partial charge in [0.1, 0.15) is 0 Å². The Morgan fingerprint density at radius 2 is 1.50 bits per heavy atom. The van der Waals surface area contributed by atoms with Crippen LogP contribution in [0.1, 0.15) is 53.5 Å². The van der Waals surface area contributed by atoms with Gasteiger partial charge in [-0.2, -0.15) is 0 Å². The molecule has 0 aliphatic carbocycles. The SMILES string of the molecule is CC(C)(C)C(=O)OCN1C=C(CCN2C(=O)c3ccccc3C2=O)N(CCc2ccccc2)C1. The molecule has 7 heteroatoms. The maximum atomic E-state index is 12.7. The first kappa shape index (κ1) is 23.5. The van der Waals surface area contributed by atoms with Crippen LogP contribution in [0.2, 0.25) is 0 Å². The second-order valence-corrected chi connectivity index (χ2v) is 9.72. The highest BCUT2D eigenvalue weighted by Crippen LogP contribution is 2.26. The Hall–Kier alpha value is -3.61. The fourth-order valence-corrected chi connectivity index (χ4v) is 4.09. The Labute approximate surface area is 200 Å². The van der Waals surface area contributed by atoms with Gasteiger partial charge in [-0.3, -0.25) is 19.3 Å². The van der Waals surface area contributed by atoms with E-state index in [1.165, 1.54) is 10.5 Å². The molecule has 0 saturated carbocycles. The van der Waals surface area contributed by atoms with Gasteiger partial charge in [-0.25, -0.2) is 0 Å². The zero-order valence-corrected chi connectivity index (χ0v) is 20.0. The van der Waals surface area contributed by atoms with Crippen molar-refractivity contribution in [1.29, 1.82) is 0 Å². The third-order valence-corrected chi connectivity index (χ3v) is 6.05. The summed E-state index contributed by atoms with van der Waals surface area (Å²) in [7, 11) is 0. The Kier molecular flexibility index (Phi) is 6.72. The van der Waals surface area contributed by atoms with Gasteiger partial charge in [0.25, 0.3) is 11.8 Å². The molecule has 0 bridgehead atoms. The van der Waals surface area contributed by atoms with Gasteiger partial charge in [0.2, 0.25) is 0 Å². The van der Waals surface area contributed by atoms with Crippen molar-refractivity contribution in [3.8, 4) is 0 Å². The maximum Gasteiger partial charge on any atom is 0.312 e. The summed E-state index contributed by atoms with van der Waals surface area (Å²) in [6.07, 6.45) is 3.36. The Morgan fingerprint density at radius 1 is 0.882 bits per heavy atom. The van der Waals surface area contributed by atoms with E-state index in [-0.39, 0.29) is 24.5 Å². The lowest BCUT2D eigenvalue weighted by molar-refractivity contribution is -0.157. The molecule has 2 aliphatic rings. The summed E-state index contributed by atoms with van der Waals surface area (Å²) in [5.41, 5.74) is 2.61. The molecule has 0 N–H and O–H groups in total. The van der Waals surface area contributed by atoms with Crippen LogP contribution in [0.5, 0.6) is 0 Å². The van der Waals surface area contributed by atoms with Gasteiger partial charge in [0.05, 0.1) is 23.2 Å². The second kappa shape index (κ2) is 9.71. The molecule has 0 unspecified atom stereocenters. The molecule has 0 radical (unpaired) electrons. The first-order chi connectivity index (χ1) is 16.2. The lowest BCUT2D eigenvalue weighted by atomic mass is 9.98. The minimum Gasteiger partial charge on any atom is -0.444 e. The number of hydrogen-bond donors (Lipinski definition) is 0. The molecule has 34 heavy (non-hydrogen) atoms. The molecule has 0 spiro atoms. The van der Waals surface area contributed by atoms with Gasteiger partial charge in [-0.1, -0.05) is 42.5 Å². The number of benzene rings is 2. The number of nitrogens with zero attached hydrogens (tertiary/aromatic N) is 3. The van der Waals surface area contributed by atoms with Gasteiger partial charge in [-0.05, 0) is 44.9 Å². The molecule has 2 heterocycles. The summed E-state index contributed by atoms with van der Waals surface area (Å²) < 4.78 is 5.50. The number of hydrogen-bond acceptors (Lipinski definition) is 6. The van der Waals surface area contributed by atoms with Crippen molar-refractivity contribution in [3.05, 3.63) is 83.2 Å². The van der Waals surface area contributed by atoms with Crippen LogP contribution in [-0.4, -0.2) is 59.0 Å². The van der Waals surface area contributed by atoms with Crippen LogP contribution >= 0.6 is 0 Å². The van der Waals surface area contributed by atoms with Crippen LogP contribution in [0.15, 0.2) is 66.5 Å². The van der Waals surface area contributed by atoms with E-state index in [1.807, 2.05) is 50.1 Å². The van der Waals surface area contributed by atoms with E-state index < -0.39 is 5.41 Å². The molecule has 0 aromatic heterocycles. The van der Waals surface area contributed by atoms with E-state index >= 15 is 0 Å². The summed E-state index contributed by atoms with van der Waals surface area (Å²) in [6.45, 7) is 7.31. The van der Waals surface area contributed by atoms with Crippen LogP contribution in [0, 0.1) is 5.41 Å². The number of amides is 2. The highest BCUT2D eigenvalue weighted by molar-refractivity contribution is 6.21. The average Bonchev–Trinajstić information content (AvgIpc) is 3.33. The normalized spacial score (nSPS) is 15.6. The van der Waals surface area contributed by atoms with E-state index in [9.17, 15) is 14.4 Å². The molecule has 178 valence electrons. The molecule has 2 aliphatic heterocycles. The summed E-state index contributed by atoms with van der Waals surface area (Å²) in [4.78, 5) is 43.2. The summed E-state index contributed by atoms with van der Waals surface area (Å²) in [5.74, 6) is -0.742. The average molecular weight is 462 g/mol. The van der Waals surface area contributed by atoms with E-state index in [2.05, 4.69) is 17.0 Å².